The van der Waals surface area contributed by atoms with E-state index in [0.717, 1.165) is 31.7 Å². The summed E-state index contributed by atoms with van der Waals surface area (Å²) in [5, 5.41) is 6.48. The molecule has 2 N–H and O–H groups in total. The van der Waals surface area contributed by atoms with Crippen LogP contribution in [0.2, 0.25) is 0 Å². The number of rotatable bonds is 7. The minimum atomic E-state index is -0.234. The SMILES string of the molecule is CN(C)C(=O)CN=C(NCCc1cccc(F)c1)NCC1CCOC1. The van der Waals surface area contributed by atoms with Crippen LogP contribution in [0.3, 0.4) is 0 Å². The van der Waals surface area contributed by atoms with Crippen molar-refractivity contribution in [1.29, 1.82) is 0 Å². The highest BCUT2D eigenvalue weighted by Crippen LogP contribution is 2.10. The lowest BCUT2D eigenvalue weighted by Crippen LogP contribution is -2.41. The first-order valence-electron chi connectivity index (χ1n) is 8.59. The summed E-state index contributed by atoms with van der Waals surface area (Å²) >= 11 is 0. The molecule has 0 radical (unpaired) electrons. The second kappa shape index (κ2) is 9.98. The first kappa shape index (κ1) is 19.2. The molecule has 25 heavy (non-hydrogen) atoms. The lowest BCUT2D eigenvalue weighted by Gasteiger charge is -2.16. The van der Waals surface area contributed by atoms with Gasteiger partial charge in [-0.3, -0.25) is 4.79 Å². The van der Waals surface area contributed by atoms with Crippen molar-refractivity contribution in [2.45, 2.75) is 12.8 Å². The Kier molecular flexibility index (Phi) is 7.66. The Morgan fingerprint density at radius 3 is 2.92 bits per heavy atom. The molecule has 0 aliphatic carbocycles. The largest absolute Gasteiger partial charge is 0.381 e. The molecule has 1 aromatic rings. The van der Waals surface area contributed by atoms with Gasteiger partial charge in [-0.05, 0) is 30.5 Å². The standard InChI is InChI=1S/C18H27FN4O2/c1-23(2)17(24)12-22-18(21-11-15-7-9-25-13-15)20-8-6-14-4-3-5-16(19)10-14/h3-5,10,15H,6-9,11-13H2,1-2H3,(H2,20,21,22). The van der Waals surface area contributed by atoms with E-state index < -0.39 is 0 Å². The van der Waals surface area contributed by atoms with E-state index in [1.165, 1.54) is 17.0 Å². The molecule has 1 saturated heterocycles. The van der Waals surface area contributed by atoms with Gasteiger partial charge in [0.15, 0.2) is 5.96 Å². The molecule has 0 aromatic heterocycles. The van der Waals surface area contributed by atoms with Gasteiger partial charge in [-0.15, -0.1) is 0 Å². The predicted molar refractivity (Wildman–Crippen MR) is 96.0 cm³/mol. The monoisotopic (exact) mass is 350 g/mol. The second-order valence-electron chi connectivity index (χ2n) is 6.37. The van der Waals surface area contributed by atoms with Gasteiger partial charge < -0.3 is 20.3 Å². The van der Waals surface area contributed by atoms with Crippen molar-refractivity contribution >= 4 is 11.9 Å². The third kappa shape index (κ3) is 7.09. The summed E-state index contributed by atoms with van der Waals surface area (Å²) in [7, 11) is 3.41. The summed E-state index contributed by atoms with van der Waals surface area (Å²) in [5.41, 5.74) is 0.917. The molecule has 6 nitrogen and oxygen atoms in total. The Bertz CT molecular complexity index is 586. The summed E-state index contributed by atoms with van der Waals surface area (Å²) in [6.45, 7) is 2.99. The average Bonchev–Trinajstić information content (AvgIpc) is 3.10. The minimum absolute atomic E-state index is 0.0598. The van der Waals surface area contributed by atoms with Crippen LogP contribution in [-0.4, -0.2) is 63.7 Å². The number of nitrogens with one attached hydrogen (secondary N) is 2. The summed E-state index contributed by atoms with van der Waals surface area (Å²) in [6, 6.07) is 6.55. The number of hydrogen-bond donors (Lipinski definition) is 2. The molecule has 138 valence electrons. The van der Waals surface area contributed by atoms with Crippen LogP contribution in [0.15, 0.2) is 29.3 Å². The lowest BCUT2D eigenvalue weighted by atomic mass is 10.1. The molecule has 0 bridgehead atoms. The number of carbonyl (C=O) groups is 1. The Balaban J connectivity index is 1.85. The molecular formula is C18H27FN4O2. The molecule has 7 heteroatoms. The van der Waals surface area contributed by atoms with Crippen LogP contribution in [0.25, 0.3) is 0 Å². The van der Waals surface area contributed by atoms with Crippen molar-refractivity contribution in [3.63, 3.8) is 0 Å². The van der Waals surface area contributed by atoms with E-state index in [1.807, 2.05) is 6.07 Å². The fourth-order valence-corrected chi connectivity index (χ4v) is 2.47. The number of aliphatic imine (C=N–C) groups is 1. The summed E-state index contributed by atoms with van der Waals surface area (Å²) in [5.74, 6) is 0.760. The molecule has 1 amide bonds. The maximum absolute atomic E-state index is 13.2. The zero-order valence-corrected chi connectivity index (χ0v) is 14.9. The number of guanidine groups is 1. The van der Waals surface area contributed by atoms with Crippen LogP contribution in [0.4, 0.5) is 4.39 Å². The molecule has 1 atom stereocenters. The molecule has 1 aliphatic rings. The molecule has 1 aliphatic heterocycles. The number of halogens is 1. The van der Waals surface area contributed by atoms with Gasteiger partial charge in [0.05, 0.1) is 6.61 Å². The number of likely N-dealkylation sites (N-methyl/N-ethyl adjacent to an activating group) is 1. The predicted octanol–water partition coefficient (Wildman–Crippen LogP) is 1.03. The fourth-order valence-electron chi connectivity index (χ4n) is 2.47. The Labute approximate surface area is 148 Å². The van der Waals surface area contributed by atoms with Crippen LogP contribution in [0, 0.1) is 11.7 Å². The smallest absolute Gasteiger partial charge is 0.243 e. The number of benzene rings is 1. The molecule has 1 unspecified atom stereocenters. The van der Waals surface area contributed by atoms with E-state index in [4.69, 9.17) is 4.74 Å². The highest BCUT2D eigenvalue weighted by Gasteiger charge is 2.16. The van der Waals surface area contributed by atoms with Crippen molar-refractivity contribution in [3.8, 4) is 0 Å². The number of ether oxygens (including phenoxy) is 1. The summed E-state index contributed by atoms with van der Waals surface area (Å²) in [6.07, 6.45) is 1.70. The van der Waals surface area contributed by atoms with Crippen molar-refractivity contribution in [2.24, 2.45) is 10.9 Å². The van der Waals surface area contributed by atoms with Crippen LogP contribution in [0.1, 0.15) is 12.0 Å². The molecule has 0 spiro atoms. The number of hydrogen-bond acceptors (Lipinski definition) is 3. The van der Waals surface area contributed by atoms with Gasteiger partial charge >= 0.3 is 0 Å². The molecule has 1 aromatic carbocycles. The second-order valence-corrected chi connectivity index (χ2v) is 6.37. The van der Waals surface area contributed by atoms with E-state index in [1.54, 1.807) is 20.2 Å². The van der Waals surface area contributed by atoms with Gasteiger partial charge in [0.1, 0.15) is 12.4 Å². The van der Waals surface area contributed by atoms with Crippen molar-refractivity contribution < 1.29 is 13.9 Å². The molecule has 2 rings (SSSR count). The van der Waals surface area contributed by atoms with Crippen molar-refractivity contribution in [2.75, 3.05) is 46.9 Å². The maximum Gasteiger partial charge on any atom is 0.243 e. The molecule has 1 fully saturated rings. The number of nitrogens with zero attached hydrogens (tertiary/aromatic N) is 2. The molecule has 0 saturated carbocycles. The van der Waals surface area contributed by atoms with E-state index in [2.05, 4.69) is 15.6 Å². The van der Waals surface area contributed by atoms with Gasteiger partial charge in [-0.1, -0.05) is 12.1 Å². The van der Waals surface area contributed by atoms with Crippen molar-refractivity contribution in [1.82, 2.24) is 15.5 Å². The summed E-state index contributed by atoms with van der Waals surface area (Å²) in [4.78, 5) is 17.6. The van der Waals surface area contributed by atoms with Crippen LogP contribution in [0.5, 0.6) is 0 Å². The highest BCUT2D eigenvalue weighted by atomic mass is 19.1. The molecular weight excluding hydrogens is 323 g/mol. The Morgan fingerprint density at radius 1 is 1.40 bits per heavy atom. The van der Waals surface area contributed by atoms with Gasteiger partial charge in [-0.2, -0.15) is 0 Å². The fraction of sp³-hybridized carbons (Fsp3) is 0.556. The van der Waals surface area contributed by atoms with E-state index in [0.29, 0.717) is 24.8 Å². The summed E-state index contributed by atoms with van der Waals surface area (Å²) < 4.78 is 18.6. The van der Waals surface area contributed by atoms with Crippen LogP contribution >= 0.6 is 0 Å². The normalized spacial score (nSPS) is 17.4. The first-order valence-corrected chi connectivity index (χ1v) is 8.59. The molecule has 1 heterocycles. The van der Waals surface area contributed by atoms with Crippen LogP contribution < -0.4 is 10.6 Å². The zero-order valence-electron chi connectivity index (χ0n) is 14.9. The van der Waals surface area contributed by atoms with E-state index in [9.17, 15) is 9.18 Å². The topological polar surface area (TPSA) is 66.0 Å². The van der Waals surface area contributed by atoms with Gasteiger partial charge in [0, 0.05) is 39.7 Å². The first-order chi connectivity index (χ1) is 12.0. The van der Waals surface area contributed by atoms with E-state index in [-0.39, 0.29) is 18.3 Å². The van der Waals surface area contributed by atoms with Gasteiger partial charge in [0.25, 0.3) is 0 Å². The highest BCUT2D eigenvalue weighted by molar-refractivity contribution is 5.84. The zero-order chi connectivity index (χ0) is 18.1. The lowest BCUT2D eigenvalue weighted by molar-refractivity contribution is -0.127. The number of carbonyl (C=O) groups excluding carboxylic acids is 1. The average molecular weight is 350 g/mol. The van der Waals surface area contributed by atoms with Gasteiger partial charge in [0.2, 0.25) is 5.91 Å². The van der Waals surface area contributed by atoms with Crippen LogP contribution in [-0.2, 0) is 16.0 Å². The van der Waals surface area contributed by atoms with Crippen molar-refractivity contribution in [3.05, 3.63) is 35.6 Å². The van der Waals surface area contributed by atoms with Gasteiger partial charge in [-0.25, -0.2) is 9.38 Å². The third-order valence-corrected chi connectivity index (χ3v) is 4.05. The maximum atomic E-state index is 13.2. The minimum Gasteiger partial charge on any atom is -0.381 e. The quantitative estimate of drug-likeness (QED) is 0.569. The third-order valence-electron chi connectivity index (χ3n) is 4.05. The van der Waals surface area contributed by atoms with E-state index >= 15 is 0 Å². The Morgan fingerprint density at radius 2 is 2.24 bits per heavy atom. The number of amides is 1. The Hall–Kier alpha value is -2.15.